The molecule has 0 saturated carbocycles. The van der Waals surface area contributed by atoms with Crippen molar-refractivity contribution in [1.29, 1.82) is 0 Å². The summed E-state index contributed by atoms with van der Waals surface area (Å²) < 4.78 is 0. The molecule has 15 heavy (non-hydrogen) atoms. The summed E-state index contributed by atoms with van der Waals surface area (Å²) in [7, 11) is 0. The Balaban J connectivity index is 0.00000112. The van der Waals surface area contributed by atoms with Gasteiger partial charge >= 0.3 is 0 Å². The first-order valence-corrected chi connectivity index (χ1v) is 5.28. The zero-order chi connectivity index (χ0) is 9.97. The van der Waals surface area contributed by atoms with Crippen LogP contribution in [-0.2, 0) is 0 Å². The van der Waals surface area contributed by atoms with E-state index in [1.165, 1.54) is 0 Å². The van der Waals surface area contributed by atoms with E-state index in [0.29, 0.717) is 0 Å². The molecule has 0 unspecified atom stereocenters. The number of hydrogen-bond donors (Lipinski definition) is 2. The van der Waals surface area contributed by atoms with E-state index in [9.17, 15) is 5.11 Å². The molecule has 1 aromatic heterocycles. The molecule has 0 aliphatic heterocycles. The summed E-state index contributed by atoms with van der Waals surface area (Å²) in [5, 5.41) is 13.3. The molecular weight excluding hydrogens is 230 g/mol. The third-order valence-electron chi connectivity index (χ3n) is 2.13. The molecule has 0 aliphatic carbocycles. The fourth-order valence-electron chi connectivity index (χ4n) is 1.36. The van der Waals surface area contributed by atoms with E-state index in [1.807, 2.05) is 22.9 Å². The average Bonchev–Trinajstić information content (AvgIpc) is 2.69. The van der Waals surface area contributed by atoms with E-state index in [0.717, 1.165) is 11.1 Å². The number of halogens is 1. The van der Waals surface area contributed by atoms with Crippen molar-refractivity contribution in [2.45, 2.75) is 6.04 Å². The van der Waals surface area contributed by atoms with Crippen molar-refractivity contribution >= 4 is 23.7 Å². The van der Waals surface area contributed by atoms with Crippen molar-refractivity contribution in [2.24, 2.45) is 5.73 Å². The molecule has 0 spiro atoms. The topological polar surface area (TPSA) is 46.2 Å². The first kappa shape index (κ1) is 12.0. The number of phenols is 1. The van der Waals surface area contributed by atoms with Gasteiger partial charge in [-0.2, -0.15) is 11.3 Å². The Kier molecular flexibility index (Phi) is 4.15. The summed E-state index contributed by atoms with van der Waals surface area (Å²) in [6.07, 6.45) is 0. The Labute approximate surface area is 98.8 Å². The number of aromatic hydroxyl groups is 1. The van der Waals surface area contributed by atoms with Crippen LogP contribution in [0.4, 0.5) is 0 Å². The number of thiophene rings is 1. The Morgan fingerprint density at radius 1 is 1.20 bits per heavy atom. The number of phenolic OH excluding ortho intramolecular Hbond substituents is 1. The molecule has 2 rings (SSSR count). The Bertz CT molecular complexity index is 416. The molecule has 0 aliphatic rings. The van der Waals surface area contributed by atoms with E-state index >= 15 is 0 Å². The van der Waals surface area contributed by atoms with Crippen molar-refractivity contribution in [3.63, 3.8) is 0 Å². The largest absolute Gasteiger partial charge is 0.508 e. The third-order valence-corrected chi connectivity index (χ3v) is 2.83. The van der Waals surface area contributed by atoms with E-state index in [4.69, 9.17) is 5.73 Å². The summed E-state index contributed by atoms with van der Waals surface area (Å²) in [4.78, 5) is 0. The van der Waals surface area contributed by atoms with Gasteiger partial charge in [0.1, 0.15) is 5.75 Å². The molecular formula is C11H12ClNOS. The van der Waals surface area contributed by atoms with E-state index in [2.05, 4.69) is 0 Å². The highest BCUT2D eigenvalue weighted by atomic mass is 35.5. The van der Waals surface area contributed by atoms with Crippen molar-refractivity contribution < 1.29 is 5.11 Å². The lowest BCUT2D eigenvalue weighted by Gasteiger charge is -2.10. The lowest BCUT2D eigenvalue weighted by Crippen LogP contribution is -2.10. The summed E-state index contributed by atoms with van der Waals surface area (Å²) in [6.45, 7) is 0. The van der Waals surface area contributed by atoms with E-state index < -0.39 is 0 Å². The standard InChI is InChI=1S/C11H11NOS.ClH/c12-11(9-4-5-14-7-9)8-2-1-3-10(13)6-8;/h1-7,11,13H,12H2;1H/t11-;/m1./s1. The predicted octanol–water partition coefficient (Wildman–Crippen LogP) is 2.92. The van der Waals surface area contributed by atoms with Crippen LogP contribution in [0.3, 0.4) is 0 Å². The van der Waals surface area contributed by atoms with E-state index in [1.54, 1.807) is 29.5 Å². The van der Waals surface area contributed by atoms with Crippen LogP contribution in [0, 0.1) is 0 Å². The molecule has 0 fully saturated rings. The highest BCUT2D eigenvalue weighted by molar-refractivity contribution is 7.08. The summed E-state index contributed by atoms with van der Waals surface area (Å²) in [6, 6.07) is 8.91. The fourth-order valence-corrected chi connectivity index (χ4v) is 2.06. The quantitative estimate of drug-likeness (QED) is 0.849. The number of nitrogens with two attached hydrogens (primary N) is 1. The van der Waals surface area contributed by atoms with Crippen LogP contribution >= 0.6 is 23.7 Å². The SMILES string of the molecule is Cl.N[C@@H](c1ccsc1)c1cccc(O)c1. The lowest BCUT2D eigenvalue weighted by molar-refractivity contribution is 0.474. The molecule has 3 N–H and O–H groups in total. The molecule has 1 aromatic carbocycles. The number of benzene rings is 1. The first-order valence-electron chi connectivity index (χ1n) is 4.34. The normalized spacial score (nSPS) is 11.8. The van der Waals surface area contributed by atoms with Crippen LogP contribution < -0.4 is 5.73 Å². The highest BCUT2D eigenvalue weighted by Crippen LogP contribution is 2.23. The third kappa shape index (κ3) is 2.72. The molecule has 80 valence electrons. The Morgan fingerprint density at radius 2 is 2.00 bits per heavy atom. The van der Waals surface area contributed by atoms with Gasteiger partial charge in [-0.3, -0.25) is 0 Å². The van der Waals surface area contributed by atoms with Crippen LogP contribution in [0.15, 0.2) is 41.1 Å². The van der Waals surface area contributed by atoms with Gasteiger partial charge in [-0.15, -0.1) is 12.4 Å². The zero-order valence-corrected chi connectivity index (χ0v) is 9.59. The van der Waals surface area contributed by atoms with Gasteiger partial charge in [0.25, 0.3) is 0 Å². The lowest BCUT2D eigenvalue weighted by atomic mass is 10.0. The van der Waals surface area contributed by atoms with Crippen LogP contribution in [0.2, 0.25) is 0 Å². The van der Waals surface area contributed by atoms with Crippen molar-refractivity contribution in [3.8, 4) is 5.75 Å². The smallest absolute Gasteiger partial charge is 0.115 e. The summed E-state index contributed by atoms with van der Waals surface area (Å²) in [5.41, 5.74) is 8.04. The molecule has 4 heteroatoms. The molecule has 2 aromatic rings. The van der Waals surface area contributed by atoms with Gasteiger partial charge in [0, 0.05) is 0 Å². The second kappa shape index (κ2) is 5.16. The zero-order valence-electron chi connectivity index (χ0n) is 7.96. The molecule has 0 saturated heterocycles. The van der Waals surface area contributed by atoms with Gasteiger partial charge in [-0.05, 0) is 40.1 Å². The maximum absolute atomic E-state index is 9.31. The maximum Gasteiger partial charge on any atom is 0.115 e. The minimum atomic E-state index is -0.145. The van der Waals surface area contributed by atoms with Gasteiger partial charge in [0.2, 0.25) is 0 Å². The molecule has 0 radical (unpaired) electrons. The molecule has 2 nitrogen and oxygen atoms in total. The monoisotopic (exact) mass is 241 g/mol. The molecule has 0 amide bonds. The maximum atomic E-state index is 9.31. The number of rotatable bonds is 2. The molecule has 0 bridgehead atoms. The van der Waals surface area contributed by atoms with Crippen molar-refractivity contribution in [1.82, 2.24) is 0 Å². The molecule has 1 heterocycles. The van der Waals surface area contributed by atoms with Crippen molar-refractivity contribution in [3.05, 3.63) is 52.2 Å². The number of hydrogen-bond acceptors (Lipinski definition) is 3. The first-order chi connectivity index (χ1) is 6.77. The van der Waals surface area contributed by atoms with Gasteiger partial charge in [-0.1, -0.05) is 12.1 Å². The van der Waals surface area contributed by atoms with Gasteiger partial charge < -0.3 is 10.8 Å². The fraction of sp³-hybridized carbons (Fsp3) is 0.0909. The van der Waals surface area contributed by atoms with Crippen LogP contribution in [0.5, 0.6) is 5.75 Å². The second-order valence-corrected chi connectivity index (χ2v) is 3.91. The van der Waals surface area contributed by atoms with Gasteiger partial charge in [-0.25, -0.2) is 0 Å². The minimum Gasteiger partial charge on any atom is -0.508 e. The van der Waals surface area contributed by atoms with Crippen LogP contribution in [0.1, 0.15) is 17.2 Å². The second-order valence-electron chi connectivity index (χ2n) is 3.13. The van der Waals surface area contributed by atoms with Crippen LogP contribution in [-0.4, -0.2) is 5.11 Å². The summed E-state index contributed by atoms with van der Waals surface area (Å²) in [5.74, 6) is 0.258. The predicted molar refractivity (Wildman–Crippen MR) is 65.7 cm³/mol. The Morgan fingerprint density at radius 3 is 2.60 bits per heavy atom. The average molecular weight is 242 g/mol. The van der Waals surface area contributed by atoms with E-state index in [-0.39, 0.29) is 24.2 Å². The molecule has 1 atom stereocenters. The van der Waals surface area contributed by atoms with Crippen LogP contribution in [0.25, 0.3) is 0 Å². The Hall–Kier alpha value is -1.03. The minimum absolute atomic E-state index is 0. The summed E-state index contributed by atoms with van der Waals surface area (Å²) >= 11 is 1.62. The van der Waals surface area contributed by atoms with Gasteiger partial charge in [0.05, 0.1) is 6.04 Å². The van der Waals surface area contributed by atoms with Crippen molar-refractivity contribution in [2.75, 3.05) is 0 Å². The highest BCUT2D eigenvalue weighted by Gasteiger charge is 2.08. The van der Waals surface area contributed by atoms with Gasteiger partial charge in [0.15, 0.2) is 0 Å².